The number of hydrogen-bond donors (Lipinski definition) is 2. The number of aromatic nitrogens is 2. The fraction of sp³-hybridized carbons (Fsp3) is 0.364. The second-order valence-corrected chi connectivity index (χ2v) is 3.87. The van der Waals surface area contributed by atoms with Crippen molar-refractivity contribution in [2.24, 2.45) is 0 Å². The van der Waals surface area contributed by atoms with Crippen LogP contribution in [0.25, 0.3) is 10.9 Å². The Morgan fingerprint density at radius 1 is 1.36 bits per heavy atom. The van der Waals surface area contributed by atoms with Crippen molar-refractivity contribution in [3.05, 3.63) is 30.0 Å². The molecule has 3 nitrogen and oxygen atoms in total. The first kappa shape index (κ1) is 8.00. The molecule has 0 aliphatic carbocycles. The maximum Gasteiger partial charge on any atom is 0.0653 e. The number of aromatic amines is 1. The molecule has 1 unspecified atom stereocenters. The van der Waals surface area contributed by atoms with E-state index in [-0.39, 0.29) is 0 Å². The third kappa shape index (κ3) is 1.13. The van der Waals surface area contributed by atoms with Gasteiger partial charge >= 0.3 is 0 Å². The van der Waals surface area contributed by atoms with E-state index >= 15 is 0 Å². The quantitative estimate of drug-likeness (QED) is 0.712. The Morgan fingerprint density at radius 3 is 3.21 bits per heavy atom. The monoisotopic (exact) mass is 187 g/mol. The summed E-state index contributed by atoms with van der Waals surface area (Å²) in [6, 6.07) is 6.40. The summed E-state index contributed by atoms with van der Waals surface area (Å²) in [5.74, 6) is 0.663. The fourth-order valence-corrected chi connectivity index (χ4v) is 2.27. The minimum absolute atomic E-state index is 0.663. The Bertz CT molecular complexity index is 440. The number of hydrogen-bond acceptors (Lipinski definition) is 2. The Kier molecular flexibility index (Phi) is 1.77. The zero-order valence-electron chi connectivity index (χ0n) is 7.96. The van der Waals surface area contributed by atoms with Crippen LogP contribution in [0.15, 0.2) is 24.4 Å². The van der Waals surface area contributed by atoms with Gasteiger partial charge < -0.3 is 5.32 Å². The predicted molar refractivity (Wildman–Crippen MR) is 56.3 cm³/mol. The molecule has 1 aliphatic rings. The van der Waals surface area contributed by atoms with Gasteiger partial charge in [0.15, 0.2) is 0 Å². The van der Waals surface area contributed by atoms with E-state index in [4.69, 9.17) is 0 Å². The summed E-state index contributed by atoms with van der Waals surface area (Å²) in [5, 5.41) is 11.8. The molecule has 0 radical (unpaired) electrons. The summed E-state index contributed by atoms with van der Waals surface area (Å²) < 4.78 is 0. The highest BCUT2D eigenvalue weighted by Crippen LogP contribution is 2.28. The topological polar surface area (TPSA) is 40.7 Å². The maximum absolute atomic E-state index is 4.09. The van der Waals surface area contributed by atoms with Gasteiger partial charge in [-0.3, -0.25) is 5.10 Å². The normalized spacial score (nSPS) is 21.9. The number of benzene rings is 1. The summed E-state index contributed by atoms with van der Waals surface area (Å²) in [4.78, 5) is 0. The van der Waals surface area contributed by atoms with E-state index in [2.05, 4.69) is 33.7 Å². The summed E-state index contributed by atoms with van der Waals surface area (Å²) in [6.45, 7) is 2.24. The first-order valence-electron chi connectivity index (χ1n) is 5.08. The summed E-state index contributed by atoms with van der Waals surface area (Å²) in [6.07, 6.45) is 3.17. The van der Waals surface area contributed by atoms with Crippen molar-refractivity contribution in [2.45, 2.75) is 12.3 Å². The van der Waals surface area contributed by atoms with E-state index in [1.54, 1.807) is 0 Å². The molecule has 3 rings (SSSR count). The van der Waals surface area contributed by atoms with Crippen LogP contribution in [-0.2, 0) is 0 Å². The molecule has 2 heterocycles. The van der Waals surface area contributed by atoms with Crippen molar-refractivity contribution in [1.82, 2.24) is 15.5 Å². The Balaban J connectivity index is 2.14. The molecule has 1 aromatic heterocycles. The van der Waals surface area contributed by atoms with Crippen molar-refractivity contribution in [1.29, 1.82) is 0 Å². The summed E-state index contributed by atoms with van der Waals surface area (Å²) in [5.41, 5.74) is 2.58. The van der Waals surface area contributed by atoms with Gasteiger partial charge in [0, 0.05) is 11.9 Å². The van der Waals surface area contributed by atoms with Gasteiger partial charge in [0.2, 0.25) is 0 Å². The van der Waals surface area contributed by atoms with Crippen molar-refractivity contribution < 1.29 is 0 Å². The zero-order valence-corrected chi connectivity index (χ0v) is 7.96. The van der Waals surface area contributed by atoms with E-state index in [9.17, 15) is 0 Å². The van der Waals surface area contributed by atoms with Gasteiger partial charge in [-0.2, -0.15) is 5.10 Å². The average molecular weight is 187 g/mol. The van der Waals surface area contributed by atoms with Gasteiger partial charge in [0.25, 0.3) is 0 Å². The highest BCUT2D eigenvalue weighted by atomic mass is 15.1. The van der Waals surface area contributed by atoms with Crippen molar-refractivity contribution in [3.63, 3.8) is 0 Å². The highest BCUT2D eigenvalue weighted by Gasteiger charge is 2.18. The van der Waals surface area contributed by atoms with Crippen LogP contribution in [0.3, 0.4) is 0 Å². The van der Waals surface area contributed by atoms with Crippen molar-refractivity contribution in [3.8, 4) is 0 Å². The molecule has 1 fully saturated rings. The van der Waals surface area contributed by atoms with E-state index in [0.717, 1.165) is 18.6 Å². The number of fused-ring (bicyclic) bond motifs is 1. The standard InChI is InChI=1S/C11H13N3/c1-2-9(8-4-5-12-6-8)10-7-13-14-11(10)3-1/h1-3,7-8,12H,4-6H2,(H,13,14). The van der Waals surface area contributed by atoms with Gasteiger partial charge in [0.1, 0.15) is 0 Å². The molecule has 1 saturated heterocycles. The van der Waals surface area contributed by atoms with Gasteiger partial charge in [0.05, 0.1) is 11.7 Å². The largest absolute Gasteiger partial charge is 0.316 e. The molecule has 0 spiro atoms. The molecular formula is C11H13N3. The predicted octanol–water partition coefficient (Wildman–Crippen LogP) is 1.64. The lowest BCUT2D eigenvalue weighted by Gasteiger charge is -2.09. The molecular weight excluding hydrogens is 174 g/mol. The van der Waals surface area contributed by atoms with Crippen LogP contribution >= 0.6 is 0 Å². The number of H-pyrrole nitrogens is 1. The Labute approximate surface area is 82.5 Å². The van der Waals surface area contributed by atoms with Crippen LogP contribution < -0.4 is 5.32 Å². The van der Waals surface area contributed by atoms with Crippen LogP contribution in [0.5, 0.6) is 0 Å². The highest BCUT2D eigenvalue weighted by molar-refractivity contribution is 5.82. The Hall–Kier alpha value is -1.35. The smallest absolute Gasteiger partial charge is 0.0653 e. The maximum atomic E-state index is 4.09. The molecule has 0 saturated carbocycles. The SMILES string of the molecule is c1cc(C2CCNC2)c2cn[nH]c2c1. The van der Waals surface area contributed by atoms with Crippen LogP contribution in [0.2, 0.25) is 0 Å². The van der Waals surface area contributed by atoms with Crippen molar-refractivity contribution >= 4 is 10.9 Å². The molecule has 1 aliphatic heterocycles. The van der Waals surface area contributed by atoms with E-state index in [1.165, 1.54) is 17.4 Å². The number of rotatable bonds is 1. The lowest BCUT2D eigenvalue weighted by atomic mass is 9.95. The first-order chi connectivity index (χ1) is 6.95. The van der Waals surface area contributed by atoms with Gasteiger partial charge in [-0.05, 0) is 30.5 Å². The average Bonchev–Trinajstić information content (AvgIpc) is 2.88. The molecule has 1 aromatic carbocycles. The van der Waals surface area contributed by atoms with E-state index < -0.39 is 0 Å². The number of nitrogens with zero attached hydrogens (tertiary/aromatic N) is 1. The molecule has 2 N–H and O–H groups in total. The lowest BCUT2D eigenvalue weighted by Crippen LogP contribution is -2.07. The fourth-order valence-electron chi connectivity index (χ4n) is 2.27. The second-order valence-electron chi connectivity index (χ2n) is 3.87. The van der Waals surface area contributed by atoms with Crippen LogP contribution in [0.1, 0.15) is 17.9 Å². The molecule has 14 heavy (non-hydrogen) atoms. The van der Waals surface area contributed by atoms with Gasteiger partial charge in [-0.15, -0.1) is 0 Å². The van der Waals surface area contributed by atoms with Crippen LogP contribution in [-0.4, -0.2) is 23.3 Å². The van der Waals surface area contributed by atoms with Crippen LogP contribution in [0, 0.1) is 0 Å². The molecule has 72 valence electrons. The van der Waals surface area contributed by atoms with Crippen LogP contribution in [0.4, 0.5) is 0 Å². The summed E-state index contributed by atoms with van der Waals surface area (Å²) in [7, 11) is 0. The minimum atomic E-state index is 0.663. The van der Waals surface area contributed by atoms with Crippen molar-refractivity contribution in [2.75, 3.05) is 13.1 Å². The molecule has 2 aromatic rings. The Morgan fingerprint density at radius 2 is 2.36 bits per heavy atom. The molecule has 1 atom stereocenters. The van der Waals surface area contributed by atoms with Gasteiger partial charge in [-0.1, -0.05) is 12.1 Å². The summed E-state index contributed by atoms with van der Waals surface area (Å²) >= 11 is 0. The zero-order chi connectivity index (χ0) is 9.38. The third-order valence-electron chi connectivity index (χ3n) is 3.02. The minimum Gasteiger partial charge on any atom is -0.316 e. The first-order valence-corrected chi connectivity index (χ1v) is 5.08. The molecule has 0 amide bonds. The van der Waals surface area contributed by atoms with Gasteiger partial charge in [-0.25, -0.2) is 0 Å². The van der Waals surface area contributed by atoms with E-state index in [1.807, 2.05) is 6.20 Å². The van der Waals surface area contributed by atoms with E-state index in [0.29, 0.717) is 5.92 Å². The lowest BCUT2D eigenvalue weighted by molar-refractivity contribution is 0.770. The molecule has 0 bridgehead atoms. The third-order valence-corrected chi connectivity index (χ3v) is 3.02. The second kappa shape index (κ2) is 3.10. The molecule has 3 heteroatoms. The number of nitrogens with one attached hydrogen (secondary N) is 2.